The van der Waals surface area contributed by atoms with Gasteiger partial charge in [0.15, 0.2) is 0 Å². The predicted octanol–water partition coefficient (Wildman–Crippen LogP) is 2.74. The normalized spacial score (nSPS) is 21.6. The Bertz CT molecular complexity index is 1070. The lowest BCUT2D eigenvalue weighted by Gasteiger charge is -2.37. The number of amides is 1. The highest BCUT2D eigenvalue weighted by molar-refractivity contribution is 7.89. The number of carbonyl (C=O) groups excluding carboxylic acids is 1. The number of fused-ring (bicyclic) bond motifs is 1. The van der Waals surface area contributed by atoms with Crippen LogP contribution in [0.4, 0.5) is 4.39 Å². The summed E-state index contributed by atoms with van der Waals surface area (Å²) in [5.74, 6) is -0.594. The van der Waals surface area contributed by atoms with Gasteiger partial charge in [-0.3, -0.25) is 4.79 Å². The summed E-state index contributed by atoms with van der Waals surface area (Å²) in [6, 6.07) is 10.0. The molecule has 1 aliphatic heterocycles. The van der Waals surface area contributed by atoms with Crippen LogP contribution in [-0.2, 0) is 14.8 Å². The number of carbonyl (C=O) groups is 1. The van der Waals surface area contributed by atoms with Crippen LogP contribution in [0.2, 0.25) is 0 Å². The SMILES string of the molecule is CC(=O)N(C)C[C@H]1Oc2cc(-c3ccc(F)cc3)ccc2S(=O)(=O)N([C@H](C)CO)C[C@@H]1C. The molecule has 1 aliphatic rings. The van der Waals surface area contributed by atoms with Crippen molar-refractivity contribution in [3.05, 3.63) is 48.3 Å². The van der Waals surface area contributed by atoms with Crippen molar-refractivity contribution in [2.75, 3.05) is 26.7 Å². The number of halogens is 1. The van der Waals surface area contributed by atoms with Gasteiger partial charge in [0.05, 0.1) is 13.2 Å². The molecule has 0 fully saturated rings. The van der Waals surface area contributed by atoms with Crippen LogP contribution in [-0.4, -0.2) is 67.5 Å². The van der Waals surface area contributed by atoms with E-state index in [-0.39, 0.29) is 48.0 Å². The Kier molecular flexibility index (Phi) is 7.22. The van der Waals surface area contributed by atoms with E-state index in [2.05, 4.69) is 0 Å². The van der Waals surface area contributed by atoms with Crippen molar-refractivity contribution in [1.29, 1.82) is 0 Å². The molecule has 2 aromatic carbocycles. The summed E-state index contributed by atoms with van der Waals surface area (Å²) in [4.78, 5) is 13.3. The minimum absolute atomic E-state index is 0.00830. The standard InChI is InChI=1S/C23H29FN2O5S/c1-15-12-26(16(2)14-27)32(29,30)23-10-7-19(18-5-8-20(24)9-6-18)11-21(23)31-22(15)13-25(4)17(3)28/h5-11,15-16,22,27H,12-14H2,1-4H3/t15-,16+,22+/m0/s1. The minimum Gasteiger partial charge on any atom is -0.487 e. The second-order valence-electron chi connectivity index (χ2n) is 8.31. The molecule has 0 radical (unpaired) electrons. The number of ether oxygens (including phenoxy) is 1. The Balaban J connectivity index is 2.13. The summed E-state index contributed by atoms with van der Waals surface area (Å²) in [5.41, 5.74) is 1.39. The molecule has 3 atom stereocenters. The lowest BCUT2D eigenvalue weighted by molar-refractivity contribution is -0.129. The number of rotatable bonds is 5. The molecule has 9 heteroatoms. The highest BCUT2D eigenvalue weighted by Crippen LogP contribution is 2.36. The fourth-order valence-corrected chi connectivity index (χ4v) is 5.49. The average Bonchev–Trinajstić information content (AvgIpc) is 2.75. The van der Waals surface area contributed by atoms with E-state index >= 15 is 0 Å². The number of benzene rings is 2. The van der Waals surface area contributed by atoms with Gasteiger partial charge in [0.2, 0.25) is 15.9 Å². The van der Waals surface area contributed by atoms with E-state index in [1.807, 2.05) is 6.92 Å². The third-order valence-electron chi connectivity index (χ3n) is 5.84. The van der Waals surface area contributed by atoms with E-state index in [4.69, 9.17) is 4.74 Å². The fraction of sp³-hybridized carbons (Fsp3) is 0.435. The maximum atomic E-state index is 13.5. The van der Waals surface area contributed by atoms with E-state index in [0.717, 1.165) is 0 Å². The first kappa shape index (κ1) is 24.2. The van der Waals surface area contributed by atoms with Crippen molar-refractivity contribution in [2.24, 2.45) is 5.92 Å². The summed E-state index contributed by atoms with van der Waals surface area (Å²) >= 11 is 0. The van der Waals surface area contributed by atoms with Gasteiger partial charge in [0.25, 0.3) is 0 Å². The lowest BCUT2D eigenvalue weighted by Crippen LogP contribution is -2.50. The maximum Gasteiger partial charge on any atom is 0.247 e. The number of sulfonamides is 1. The number of aliphatic hydroxyl groups excluding tert-OH is 1. The zero-order chi connectivity index (χ0) is 23.6. The molecule has 0 unspecified atom stereocenters. The quantitative estimate of drug-likeness (QED) is 0.735. The van der Waals surface area contributed by atoms with Gasteiger partial charge in [-0.1, -0.05) is 25.1 Å². The van der Waals surface area contributed by atoms with Gasteiger partial charge < -0.3 is 14.7 Å². The van der Waals surface area contributed by atoms with Crippen LogP contribution in [0.5, 0.6) is 5.75 Å². The van der Waals surface area contributed by atoms with Crippen LogP contribution in [0.15, 0.2) is 47.4 Å². The van der Waals surface area contributed by atoms with E-state index in [1.165, 1.54) is 34.3 Å². The van der Waals surface area contributed by atoms with Crippen LogP contribution >= 0.6 is 0 Å². The van der Waals surface area contributed by atoms with Gasteiger partial charge in [0.1, 0.15) is 22.6 Å². The summed E-state index contributed by atoms with van der Waals surface area (Å²) in [6.45, 7) is 5.06. The number of likely N-dealkylation sites (N-methyl/N-ethyl adjacent to an activating group) is 1. The summed E-state index contributed by atoms with van der Waals surface area (Å²) in [6.07, 6.45) is -0.477. The smallest absolute Gasteiger partial charge is 0.247 e. The minimum atomic E-state index is -3.95. The lowest BCUT2D eigenvalue weighted by atomic mass is 10.0. The number of hydrogen-bond acceptors (Lipinski definition) is 5. The maximum absolute atomic E-state index is 13.5. The topological polar surface area (TPSA) is 87.2 Å². The van der Waals surface area contributed by atoms with Crippen molar-refractivity contribution >= 4 is 15.9 Å². The van der Waals surface area contributed by atoms with Gasteiger partial charge in [-0.05, 0) is 42.3 Å². The second kappa shape index (κ2) is 9.56. The van der Waals surface area contributed by atoms with Gasteiger partial charge in [-0.15, -0.1) is 0 Å². The molecule has 32 heavy (non-hydrogen) atoms. The van der Waals surface area contributed by atoms with Gasteiger partial charge in [0, 0.05) is 32.5 Å². The first-order chi connectivity index (χ1) is 15.0. The van der Waals surface area contributed by atoms with Crippen LogP contribution in [0.1, 0.15) is 20.8 Å². The Morgan fingerprint density at radius 1 is 1.25 bits per heavy atom. The summed E-state index contributed by atoms with van der Waals surface area (Å²) in [5, 5.41) is 9.69. The molecule has 0 bridgehead atoms. The molecule has 0 aromatic heterocycles. The van der Waals surface area contributed by atoms with Gasteiger partial charge >= 0.3 is 0 Å². The molecule has 1 amide bonds. The molecule has 0 spiro atoms. The first-order valence-corrected chi connectivity index (χ1v) is 11.9. The largest absolute Gasteiger partial charge is 0.487 e. The van der Waals surface area contributed by atoms with Crippen molar-refractivity contribution in [3.63, 3.8) is 0 Å². The van der Waals surface area contributed by atoms with E-state index in [1.54, 1.807) is 38.2 Å². The molecule has 0 aliphatic carbocycles. The average molecular weight is 465 g/mol. The molecular formula is C23H29FN2O5S. The van der Waals surface area contributed by atoms with Gasteiger partial charge in [-0.2, -0.15) is 4.31 Å². The zero-order valence-corrected chi connectivity index (χ0v) is 19.5. The van der Waals surface area contributed by atoms with Crippen LogP contribution in [0.3, 0.4) is 0 Å². The summed E-state index contributed by atoms with van der Waals surface area (Å²) in [7, 11) is -2.29. The van der Waals surface area contributed by atoms with E-state index in [9.17, 15) is 22.7 Å². The molecule has 1 heterocycles. The van der Waals surface area contributed by atoms with Crippen molar-refractivity contribution in [1.82, 2.24) is 9.21 Å². The van der Waals surface area contributed by atoms with E-state index < -0.39 is 22.2 Å². The highest BCUT2D eigenvalue weighted by Gasteiger charge is 2.38. The first-order valence-electron chi connectivity index (χ1n) is 10.5. The second-order valence-corrected chi connectivity index (χ2v) is 10.2. The predicted molar refractivity (Wildman–Crippen MR) is 119 cm³/mol. The van der Waals surface area contributed by atoms with E-state index in [0.29, 0.717) is 11.1 Å². The van der Waals surface area contributed by atoms with Crippen LogP contribution in [0.25, 0.3) is 11.1 Å². The van der Waals surface area contributed by atoms with Crippen molar-refractivity contribution in [2.45, 2.75) is 37.8 Å². The number of hydrogen-bond donors (Lipinski definition) is 1. The molecule has 2 aromatic rings. The molecular weight excluding hydrogens is 435 g/mol. The Labute approximate surface area is 188 Å². The Morgan fingerprint density at radius 3 is 2.47 bits per heavy atom. The third-order valence-corrected chi connectivity index (χ3v) is 7.86. The zero-order valence-electron chi connectivity index (χ0n) is 18.7. The monoisotopic (exact) mass is 464 g/mol. The van der Waals surface area contributed by atoms with Crippen molar-refractivity contribution in [3.8, 4) is 16.9 Å². The third kappa shape index (κ3) is 4.95. The Hall–Kier alpha value is -2.49. The molecule has 0 saturated carbocycles. The van der Waals surface area contributed by atoms with Crippen LogP contribution in [0, 0.1) is 11.7 Å². The summed E-state index contributed by atoms with van der Waals surface area (Å²) < 4.78 is 47.8. The fourth-order valence-electron chi connectivity index (χ4n) is 3.66. The van der Waals surface area contributed by atoms with Crippen LogP contribution < -0.4 is 4.74 Å². The highest BCUT2D eigenvalue weighted by atomic mass is 32.2. The number of aliphatic hydroxyl groups is 1. The molecule has 3 rings (SSSR count). The molecule has 0 saturated heterocycles. The van der Waals surface area contributed by atoms with Gasteiger partial charge in [-0.25, -0.2) is 12.8 Å². The Morgan fingerprint density at radius 2 is 1.88 bits per heavy atom. The number of nitrogens with zero attached hydrogens (tertiary/aromatic N) is 2. The van der Waals surface area contributed by atoms with Crippen molar-refractivity contribution < 1.29 is 27.4 Å². The molecule has 174 valence electrons. The molecule has 7 nitrogen and oxygen atoms in total. The molecule has 1 N–H and O–H groups in total.